The van der Waals surface area contributed by atoms with Crippen LogP contribution in [-0.2, 0) is 4.79 Å². The molecule has 0 radical (unpaired) electrons. The summed E-state index contributed by atoms with van der Waals surface area (Å²) in [7, 11) is 0. The fourth-order valence-corrected chi connectivity index (χ4v) is 3.03. The van der Waals surface area contributed by atoms with Gasteiger partial charge >= 0.3 is 0 Å². The lowest BCUT2D eigenvalue weighted by Gasteiger charge is -2.17. The third-order valence-electron chi connectivity index (χ3n) is 2.59. The second kappa shape index (κ2) is 5.87. The second-order valence-corrected chi connectivity index (χ2v) is 6.35. The van der Waals surface area contributed by atoms with Gasteiger partial charge in [-0.15, -0.1) is 0 Å². The lowest BCUT2D eigenvalue weighted by Crippen LogP contribution is -2.21. The van der Waals surface area contributed by atoms with E-state index in [9.17, 15) is 15.0 Å². The number of nitrogen functional groups attached to an aromatic ring is 1. The zero-order valence-electron chi connectivity index (χ0n) is 10.2. The monoisotopic (exact) mass is 298 g/mol. The fraction of sp³-hybridized carbons (Fsp3) is 0.333. The zero-order chi connectivity index (χ0) is 14.0. The smallest absolute Gasteiger partial charge is 0.185 e. The number of benzene rings is 1. The van der Waals surface area contributed by atoms with Crippen molar-refractivity contribution < 1.29 is 15.0 Å². The van der Waals surface area contributed by atoms with Gasteiger partial charge in [-0.25, -0.2) is 4.98 Å². The van der Waals surface area contributed by atoms with Crippen LogP contribution in [0, 0.1) is 0 Å². The maximum Gasteiger partial charge on any atom is 0.185 e. The summed E-state index contributed by atoms with van der Waals surface area (Å²) in [6, 6.07) is 5.22. The average Bonchev–Trinajstić information content (AvgIpc) is 2.73. The van der Waals surface area contributed by atoms with Gasteiger partial charge in [-0.1, -0.05) is 29.2 Å². The maximum atomic E-state index is 10.8. The van der Waals surface area contributed by atoms with Crippen LogP contribution in [0.4, 0.5) is 5.13 Å². The van der Waals surface area contributed by atoms with E-state index in [2.05, 4.69) is 4.98 Å². The fourth-order valence-electron chi connectivity index (χ4n) is 1.66. The van der Waals surface area contributed by atoms with Crippen molar-refractivity contribution in [1.29, 1.82) is 0 Å². The van der Waals surface area contributed by atoms with Gasteiger partial charge < -0.3 is 15.9 Å². The number of hydrogen-bond donors (Lipinski definition) is 3. The van der Waals surface area contributed by atoms with Crippen LogP contribution in [0.2, 0.25) is 0 Å². The van der Waals surface area contributed by atoms with E-state index in [0.717, 1.165) is 22.0 Å². The molecule has 1 aromatic heterocycles. The normalized spacial score (nSPS) is 14.5. The molecule has 0 aliphatic heterocycles. The van der Waals surface area contributed by atoms with Gasteiger partial charge in [0.1, 0.15) is 6.10 Å². The number of thiazole rings is 1. The van der Waals surface area contributed by atoms with Crippen LogP contribution in [0.3, 0.4) is 0 Å². The minimum absolute atomic E-state index is 0.0862. The molecule has 1 heterocycles. The quantitative estimate of drug-likeness (QED) is 0.792. The van der Waals surface area contributed by atoms with E-state index in [4.69, 9.17) is 5.73 Å². The molecular weight excluding hydrogens is 284 g/mol. The van der Waals surface area contributed by atoms with E-state index in [1.165, 1.54) is 18.3 Å². The number of carbonyl (C=O) groups is 1. The number of aliphatic hydroxyl groups excluding tert-OH is 2. The summed E-state index contributed by atoms with van der Waals surface area (Å²) in [5, 5.41) is 20.3. The molecule has 2 aromatic rings. The highest BCUT2D eigenvalue weighted by molar-refractivity contribution is 8.13. The van der Waals surface area contributed by atoms with Gasteiger partial charge in [-0.05, 0) is 17.7 Å². The van der Waals surface area contributed by atoms with Crippen LogP contribution >= 0.6 is 23.1 Å². The second-order valence-electron chi connectivity index (χ2n) is 4.09. The van der Waals surface area contributed by atoms with Crippen LogP contribution in [0.25, 0.3) is 10.2 Å². The lowest BCUT2D eigenvalue weighted by molar-refractivity contribution is -0.109. The number of thioether (sulfide) groups is 1. The van der Waals surface area contributed by atoms with E-state index in [-0.39, 0.29) is 10.9 Å². The summed E-state index contributed by atoms with van der Waals surface area (Å²) in [6.45, 7) is 1.43. The molecule has 4 N–H and O–H groups in total. The van der Waals surface area contributed by atoms with Crippen molar-refractivity contribution in [3.8, 4) is 0 Å². The topological polar surface area (TPSA) is 96.4 Å². The first-order valence-corrected chi connectivity index (χ1v) is 7.43. The molecule has 2 atom stereocenters. The Hall–Kier alpha value is -1.15. The highest BCUT2D eigenvalue weighted by Gasteiger charge is 2.19. The van der Waals surface area contributed by atoms with E-state index in [1.54, 1.807) is 18.2 Å². The van der Waals surface area contributed by atoms with Gasteiger partial charge in [-0.2, -0.15) is 0 Å². The molecule has 7 heteroatoms. The molecule has 0 spiro atoms. The van der Waals surface area contributed by atoms with Crippen LogP contribution in [0.5, 0.6) is 0 Å². The number of aromatic nitrogens is 1. The Balaban J connectivity index is 2.15. The zero-order valence-corrected chi connectivity index (χ0v) is 11.9. The van der Waals surface area contributed by atoms with Gasteiger partial charge in [0.25, 0.3) is 0 Å². The number of carbonyl (C=O) groups excluding carboxylic acids is 1. The van der Waals surface area contributed by atoms with Crippen LogP contribution < -0.4 is 5.73 Å². The minimum atomic E-state index is -1.03. The third kappa shape index (κ3) is 3.44. The first kappa shape index (κ1) is 14.3. The number of rotatable bonds is 4. The van der Waals surface area contributed by atoms with E-state index in [0.29, 0.717) is 10.7 Å². The Kier molecular flexibility index (Phi) is 4.41. The lowest BCUT2D eigenvalue weighted by atomic mass is 10.1. The SMILES string of the molecule is CC(=O)SCC(O)C(O)c1ccc2nc(N)sc2c1. The Morgan fingerprint density at radius 3 is 2.95 bits per heavy atom. The molecule has 0 fully saturated rings. The minimum Gasteiger partial charge on any atom is -0.389 e. The van der Waals surface area contributed by atoms with Gasteiger partial charge in [0, 0.05) is 12.7 Å². The van der Waals surface area contributed by atoms with Crippen LogP contribution in [-0.4, -0.2) is 32.2 Å². The number of nitrogens with zero attached hydrogens (tertiary/aromatic N) is 1. The van der Waals surface area contributed by atoms with Gasteiger partial charge in [0.05, 0.1) is 16.3 Å². The van der Waals surface area contributed by atoms with Gasteiger partial charge in [0.15, 0.2) is 10.2 Å². The molecule has 5 nitrogen and oxygen atoms in total. The molecule has 0 aliphatic carbocycles. The van der Waals surface area contributed by atoms with Crippen molar-refractivity contribution in [3.63, 3.8) is 0 Å². The molecule has 0 amide bonds. The molecule has 0 saturated carbocycles. The molecule has 0 saturated heterocycles. The summed E-state index contributed by atoms with van der Waals surface area (Å²) < 4.78 is 0.862. The first-order valence-electron chi connectivity index (χ1n) is 5.63. The van der Waals surface area contributed by atoms with Crippen molar-refractivity contribution in [1.82, 2.24) is 4.98 Å². The highest BCUT2D eigenvalue weighted by Crippen LogP contribution is 2.28. The Morgan fingerprint density at radius 2 is 2.26 bits per heavy atom. The predicted octanol–water partition coefficient (Wildman–Crippen LogP) is 1.55. The summed E-state index contributed by atoms with van der Waals surface area (Å²) in [5.41, 5.74) is 6.97. The molecule has 2 unspecified atom stereocenters. The summed E-state index contributed by atoms with van der Waals surface area (Å²) in [5.74, 6) is 0.166. The molecule has 19 heavy (non-hydrogen) atoms. The van der Waals surface area contributed by atoms with E-state index in [1.807, 2.05) is 0 Å². The molecular formula is C12H14N2O3S2. The highest BCUT2D eigenvalue weighted by atomic mass is 32.2. The summed E-state index contributed by atoms with van der Waals surface area (Å²) in [6.07, 6.45) is -2.02. The Labute approximate surface area is 118 Å². The van der Waals surface area contributed by atoms with Crippen LogP contribution in [0.1, 0.15) is 18.6 Å². The van der Waals surface area contributed by atoms with E-state index < -0.39 is 12.2 Å². The predicted molar refractivity (Wildman–Crippen MR) is 78.1 cm³/mol. The molecule has 1 aromatic carbocycles. The van der Waals surface area contributed by atoms with Crippen molar-refractivity contribution in [2.75, 3.05) is 11.5 Å². The number of anilines is 1. The number of nitrogens with two attached hydrogens (primary N) is 1. The standard InChI is InChI=1S/C12H14N2O3S2/c1-6(15)18-5-9(16)11(17)7-2-3-8-10(4-7)19-12(13)14-8/h2-4,9,11,16-17H,5H2,1H3,(H2,13,14). The van der Waals surface area contributed by atoms with Crippen molar-refractivity contribution in [3.05, 3.63) is 23.8 Å². The van der Waals surface area contributed by atoms with Gasteiger partial charge in [0.2, 0.25) is 0 Å². The van der Waals surface area contributed by atoms with Gasteiger partial charge in [-0.3, -0.25) is 4.79 Å². The summed E-state index contributed by atoms with van der Waals surface area (Å²) >= 11 is 2.32. The van der Waals surface area contributed by atoms with E-state index >= 15 is 0 Å². The van der Waals surface area contributed by atoms with Crippen molar-refractivity contribution in [2.24, 2.45) is 0 Å². The summed E-state index contributed by atoms with van der Waals surface area (Å²) in [4.78, 5) is 15.0. The molecule has 2 rings (SSSR count). The molecule has 0 bridgehead atoms. The first-order chi connectivity index (χ1) is 8.97. The molecule has 102 valence electrons. The Morgan fingerprint density at radius 1 is 1.53 bits per heavy atom. The number of fused-ring (bicyclic) bond motifs is 1. The molecule has 0 aliphatic rings. The van der Waals surface area contributed by atoms with Crippen molar-refractivity contribution in [2.45, 2.75) is 19.1 Å². The van der Waals surface area contributed by atoms with Crippen LogP contribution in [0.15, 0.2) is 18.2 Å². The van der Waals surface area contributed by atoms with Crippen molar-refractivity contribution >= 4 is 43.6 Å². The average molecular weight is 298 g/mol. The number of aliphatic hydroxyl groups is 2. The maximum absolute atomic E-state index is 10.8. The number of hydrogen-bond acceptors (Lipinski definition) is 7. The Bertz CT molecular complexity index is 600. The third-order valence-corrected chi connectivity index (χ3v) is 4.35. The largest absolute Gasteiger partial charge is 0.389 e.